The average Bonchev–Trinajstić information content (AvgIpc) is 2.58. The highest BCUT2D eigenvalue weighted by atomic mass is 16.2. The van der Waals surface area contributed by atoms with Crippen molar-refractivity contribution in [3.63, 3.8) is 0 Å². The standard InChI is InChI=1S/C16H20N4O3/c21-14-6-5-13(16(23)19-14)18-15(22)11-1-3-12(4-2-11)20-9-7-17-8-10-20/h1-4,13,17H,5-10H2,(H,18,22)(H,19,21,23). The smallest absolute Gasteiger partial charge is 0.251 e. The number of piperidine rings is 1. The van der Waals surface area contributed by atoms with Crippen LogP contribution in [-0.4, -0.2) is 49.9 Å². The molecule has 122 valence electrons. The number of hydrogen-bond donors (Lipinski definition) is 3. The van der Waals surface area contributed by atoms with Crippen LogP contribution in [0.4, 0.5) is 5.69 Å². The summed E-state index contributed by atoms with van der Waals surface area (Å²) < 4.78 is 0. The number of nitrogens with zero attached hydrogens (tertiary/aromatic N) is 1. The van der Waals surface area contributed by atoms with E-state index in [1.807, 2.05) is 12.1 Å². The number of benzene rings is 1. The third kappa shape index (κ3) is 3.68. The molecule has 2 aliphatic rings. The number of nitrogens with one attached hydrogen (secondary N) is 3. The van der Waals surface area contributed by atoms with Gasteiger partial charge in [0, 0.05) is 43.9 Å². The van der Waals surface area contributed by atoms with Crippen molar-refractivity contribution in [1.29, 1.82) is 0 Å². The van der Waals surface area contributed by atoms with Crippen LogP contribution in [0.25, 0.3) is 0 Å². The zero-order chi connectivity index (χ0) is 16.2. The van der Waals surface area contributed by atoms with E-state index in [0.29, 0.717) is 12.0 Å². The summed E-state index contributed by atoms with van der Waals surface area (Å²) in [7, 11) is 0. The average molecular weight is 316 g/mol. The van der Waals surface area contributed by atoms with Gasteiger partial charge in [0.15, 0.2) is 0 Å². The van der Waals surface area contributed by atoms with Gasteiger partial charge in [0.05, 0.1) is 0 Å². The number of anilines is 1. The molecule has 1 unspecified atom stereocenters. The topological polar surface area (TPSA) is 90.5 Å². The SMILES string of the molecule is O=C1CCC(NC(=O)c2ccc(N3CCNCC3)cc2)C(=O)N1. The molecule has 7 heteroatoms. The maximum Gasteiger partial charge on any atom is 0.251 e. The van der Waals surface area contributed by atoms with Crippen molar-refractivity contribution in [3.05, 3.63) is 29.8 Å². The quantitative estimate of drug-likeness (QED) is 0.662. The third-order valence-corrected chi connectivity index (χ3v) is 4.16. The van der Waals surface area contributed by atoms with Crippen LogP contribution in [0.3, 0.4) is 0 Å². The van der Waals surface area contributed by atoms with E-state index in [4.69, 9.17) is 0 Å². The second-order valence-electron chi connectivity index (χ2n) is 5.76. The molecule has 7 nitrogen and oxygen atoms in total. The van der Waals surface area contributed by atoms with Crippen LogP contribution in [0.2, 0.25) is 0 Å². The second kappa shape index (κ2) is 6.78. The molecule has 3 amide bonds. The molecule has 0 bridgehead atoms. The Morgan fingerprint density at radius 2 is 1.83 bits per heavy atom. The fraction of sp³-hybridized carbons (Fsp3) is 0.438. The van der Waals surface area contributed by atoms with E-state index in [1.165, 1.54) is 0 Å². The van der Waals surface area contributed by atoms with Crippen molar-refractivity contribution < 1.29 is 14.4 Å². The number of carbonyl (C=O) groups is 3. The van der Waals surface area contributed by atoms with Crippen LogP contribution >= 0.6 is 0 Å². The van der Waals surface area contributed by atoms with Gasteiger partial charge in [-0.1, -0.05) is 0 Å². The monoisotopic (exact) mass is 316 g/mol. The molecular weight excluding hydrogens is 296 g/mol. The molecule has 0 spiro atoms. The van der Waals surface area contributed by atoms with Gasteiger partial charge >= 0.3 is 0 Å². The molecular formula is C16H20N4O3. The van der Waals surface area contributed by atoms with Crippen LogP contribution < -0.4 is 20.9 Å². The van der Waals surface area contributed by atoms with Crippen LogP contribution in [0.15, 0.2) is 24.3 Å². The van der Waals surface area contributed by atoms with Gasteiger partial charge in [-0.3, -0.25) is 19.7 Å². The van der Waals surface area contributed by atoms with Crippen molar-refractivity contribution >= 4 is 23.4 Å². The first-order chi connectivity index (χ1) is 11.1. The van der Waals surface area contributed by atoms with Gasteiger partial charge in [0.1, 0.15) is 6.04 Å². The van der Waals surface area contributed by atoms with Crippen molar-refractivity contribution in [3.8, 4) is 0 Å². The van der Waals surface area contributed by atoms with Crippen molar-refractivity contribution in [2.75, 3.05) is 31.1 Å². The van der Waals surface area contributed by atoms with E-state index >= 15 is 0 Å². The van der Waals surface area contributed by atoms with Gasteiger partial charge in [-0.25, -0.2) is 0 Å². The molecule has 0 aromatic heterocycles. The maximum absolute atomic E-state index is 12.2. The number of piperazine rings is 1. The van der Waals surface area contributed by atoms with E-state index in [1.54, 1.807) is 12.1 Å². The lowest BCUT2D eigenvalue weighted by Crippen LogP contribution is -2.52. The molecule has 2 aliphatic heterocycles. The van der Waals surface area contributed by atoms with Crippen molar-refractivity contribution in [2.45, 2.75) is 18.9 Å². The molecule has 2 fully saturated rings. The number of carbonyl (C=O) groups excluding carboxylic acids is 3. The molecule has 3 N–H and O–H groups in total. The fourth-order valence-corrected chi connectivity index (χ4v) is 2.82. The summed E-state index contributed by atoms with van der Waals surface area (Å²) in [5, 5.41) is 8.21. The molecule has 1 aromatic rings. The molecule has 0 saturated carbocycles. The van der Waals surface area contributed by atoms with E-state index in [0.717, 1.165) is 31.9 Å². The van der Waals surface area contributed by atoms with Crippen LogP contribution in [0.1, 0.15) is 23.2 Å². The predicted octanol–water partition coefficient (Wildman–Crippen LogP) is -0.369. The Morgan fingerprint density at radius 1 is 1.13 bits per heavy atom. The Hall–Kier alpha value is -2.41. The number of imide groups is 1. The summed E-state index contributed by atoms with van der Waals surface area (Å²) in [4.78, 5) is 37.3. The lowest BCUT2D eigenvalue weighted by atomic mass is 10.1. The molecule has 1 atom stereocenters. The van der Waals surface area contributed by atoms with E-state index < -0.39 is 11.9 Å². The van der Waals surface area contributed by atoms with Gasteiger partial charge in [-0.05, 0) is 30.7 Å². The fourth-order valence-electron chi connectivity index (χ4n) is 2.82. The molecule has 1 aromatic carbocycles. The Balaban J connectivity index is 1.61. The Kier molecular flexibility index (Phi) is 4.57. The summed E-state index contributed by atoms with van der Waals surface area (Å²) in [6, 6.07) is 6.72. The minimum Gasteiger partial charge on any atom is -0.369 e. The lowest BCUT2D eigenvalue weighted by molar-refractivity contribution is -0.134. The lowest BCUT2D eigenvalue weighted by Gasteiger charge is -2.29. The maximum atomic E-state index is 12.2. The molecule has 2 saturated heterocycles. The van der Waals surface area contributed by atoms with Crippen LogP contribution in [-0.2, 0) is 9.59 Å². The summed E-state index contributed by atoms with van der Waals surface area (Å²) >= 11 is 0. The van der Waals surface area contributed by atoms with Gasteiger partial charge in [-0.15, -0.1) is 0 Å². The second-order valence-corrected chi connectivity index (χ2v) is 5.76. The Bertz CT molecular complexity index is 608. The largest absolute Gasteiger partial charge is 0.369 e. The van der Waals surface area contributed by atoms with E-state index in [-0.39, 0.29) is 18.2 Å². The zero-order valence-corrected chi connectivity index (χ0v) is 12.8. The predicted molar refractivity (Wildman–Crippen MR) is 85.2 cm³/mol. The van der Waals surface area contributed by atoms with Gasteiger partial charge in [0.2, 0.25) is 11.8 Å². The summed E-state index contributed by atoms with van der Waals surface area (Å²) in [6.07, 6.45) is 0.591. The third-order valence-electron chi connectivity index (χ3n) is 4.16. The molecule has 3 rings (SSSR count). The molecule has 2 heterocycles. The van der Waals surface area contributed by atoms with Crippen LogP contribution in [0, 0.1) is 0 Å². The van der Waals surface area contributed by atoms with Gasteiger partial charge < -0.3 is 15.5 Å². The van der Waals surface area contributed by atoms with Gasteiger partial charge in [0.25, 0.3) is 5.91 Å². The molecule has 0 aliphatic carbocycles. The number of amides is 3. The number of rotatable bonds is 3. The Labute approximate surface area is 134 Å². The minimum atomic E-state index is -0.645. The molecule has 0 radical (unpaired) electrons. The Morgan fingerprint density at radius 3 is 2.48 bits per heavy atom. The first kappa shape index (κ1) is 15.5. The summed E-state index contributed by atoms with van der Waals surface area (Å²) in [5.74, 6) is -1.03. The highest BCUT2D eigenvalue weighted by Gasteiger charge is 2.28. The summed E-state index contributed by atoms with van der Waals surface area (Å²) in [6.45, 7) is 3.80. The van der Waals surface area contributed by atoms with Gasteiger partial charge in [-0.2, -0.15) is 0 Å². The first-order valence-corrected chi connectivity index (χ1v) is 7.84. The first-order valence-electron chi connectivity index (χ1n) is 7.84. The normalized spacial score (nSPS) is 21.7. The van der Waals surface area contributed by atoms with Crippen molar-refractivity contribution in [1.82, 2.24) is 16.0 Å². The molecule has 23 heavy (non-hydrogen) atoms. The highest BCUT2D eigenvalue weighted by Crippen LogP contribution is 2.16. The number of hydrogen-bond acceptors (Lipinski definition) is 5. The highest BCUT2D eigenvalue weighted by molar-refractivity contribution is 6.03. The summed E-state index contributed by atoms with van der Waals surface area (Å²) in [5.41, 5.74) is 1.60. The zero-order valence-electron chi connectivity index (χ0n) is 12.8. The van der Waals surface area contributed by atoms with E-state index in [9.17, 15) is 14.4 Å². The van der Waals surface area contributed by atoms with Crippen molar-refractivity contribution in [2.24, 2.45) is 0 Å². The van der Waals surface area contributed by atoms with Crippen LogP contribution in [0.5, 0.6) is 0 Å². The minimum absolute atomic E-state index is 0.249. The van der Waals surface area contributed by atoms with E-state index in [2.05, 4.69) is 20.9 Å².